The van der Waals surface area contributed by atoms with Gasteiger partial charge in [-0.1, -0.05) is 25.1 Å². The van der Waals surface area contributed by atoms with Crippen LogP contribution in [-0.2, 0) is 29.2 Å². The average molecular weight is 659 g/mol. The fourth-order valence-corrected chi connectivity index (χ4v) is 6.01. The Morgan fingerprint density at radius 3 is 2.54 bits per heavy atom. The number of carbonyl (C=O) groups excluding carboxylic acids is 2. The number of aryl methyl sites for hydroxylation is 2. The van der Waals surface area contributed by atoms with E-state index in [1.54, 1.807) is 43.0 Å². The summed E-state index contributed by atoms with van der Waals surface area (Å²) in [5.74, 6) is -0.326. The van der Waals surface area contributed by atoms with Crippen LogP contribution in [0.15, 0.2) is 66.7 Å². The smallest absolute Gasteiger partial charge is 0.381 e. The van der Waals surface area contributed by atoms with Gasteiger partial charge in [-0.2, -0.15) is 18.4 Å². The molecule has 48 heavy (non-hydrogen) atoms. The second-order valence-corrected chi connectivity index (χ2v) is 11.7. The SMILES string of the molecule is CCc1nc2cc(-c3cccc(NC(=O)c4ccc(NC(=O)/C=C/CN[C@H]5CC[C@H](OC)CC5)c(C#N)c4)c3)c(C(F)(F)F)cc2n1C. The summed E-state index contributed by atoms with van der Waals surface area (Å²) in [5.41, 5.74) is 0.930. The summed E-state index contributed by atoms with van der Waals surface area (Å²) in [7, 11) is 3.42. The topological polar surface area (TPSA) is 121 Å². The molecule has 1 aliphatic carbocycles. The van der Waals surface area contributed by atoms with Gasteiger partial charge in [0.05, 0.1) is 34.0 Å². The van der Waals surface area contributed by atoms with Crippen molar-refractivity contribution in [3.8, 4) is 17.2 Å². The van der Waals surface area contributed by atoms with Crippen LogP contribution < -0.4 is 16.0 Å². The number of amides is 2. The normalized spacial score (nSPS) is 16.6. The third-order valence-electron chi connectivity index (χ3n) is 8.63. The van der Waals surface area contributed by atoms with Crippen molar-refractivity contribution in [3.63, 3.8) is 0 Å². The van der Waals surface area contributed by atoms with Crippen LogP contribution in [0.4, 0.5) is 24.5 Å². The number of aromatic nitrogens is 2. The highest BCUT2D eigenvalue weighted by Crippen LogP contribution is 2.40. The van der Waals surface area contributed by atoms with Gasteiger partial charge >= 0.3 is 6.18 Å². The van der Waals surface area contributed by atoms with Gasteiger partial charge in [0.25, 0.3) is 5.91 Å². The lowest BCUT2D eigenvalue weighted by Crippen LogP contribution is -2.35. The molecule has 1 saturated carbocycles. The van der Waals surface area contributed by atoms with Gasteiger partial charge in [-0.15, -0.1) is 0 Å². The van der Waals surface area contributed by atoms with Crippen molar-refractivity contribution < 1.29 is 27.5 Å². The first-order valence-corrected chi connectivity index (χ1v) is 15.8. The molecule has 0 saturated heterocycles. The minimum absolute atomic E-state index is 0.0576. The van der Waals surface area contributed by atoms with Crippen LogP contribution >= 0.6 is 0 Å². The van der Waals surface area contributed by atoms with E-state index in [2.05, 4.69) is 20.9 Å². The standard InChI is InChI=1S/C36H37F3N6O3/c1-4-33-43-31-19-28(29(36(37,38)39)20-32(31)45(33)2)22-7-5-8-26(18-22)42-35(47)23-10-15-30(24(17-23)21-40)44-34(46)9-6-16-41-25-11-13-27(48-3)14-12-25/h5-10,15,17-20,25,27,41H,4,11-14,16H2,1-3H3,(H,42,47)(H,44,46)/b9-6+/t25-,27-. The summed E-state index contributed by atoms with van der Waals surface area (Å²) in [6, 6.07) is 15.3. The lowest BCUT2D eigenvalue weighted by molar-refractivity contribution is -0.137. The van der Waals surface area contributed by atoms with Crippen LogP contribution in [0, 0.1) is 11.3 Å². The lowest BCUT2D eigenvalue weighted by atomic mass is 9.93. The van der Waals surface area contributed by atoms with Gasteiger partial charge in [-0.25, -0.2) is 4.98 Å². The van der Waals surface area contributed by atoms with E-state index in [9.17, 15) is 28.0 Å². The molecule has 1 fully saturated rings. The molecule has 3 N–H and O–H groups in total. The quantitative estimate of drug-likeness (QED) is 0.158. The molecule has 250 valence electrons. The van der Waals surface area contributed by atoms with Gasteiger partial charge in [0.2, 0.25) is 5.91 Å². The second-order valence-electron chi connectivity index (χ2n) is 11.7. The fraction of sp³-hybridized carbons (Fsp3) is 0.333. The van der Waals surface area contributed by atoms with Gasteiger partial charge in [0, 0.05) is 50.5 Å². The highest BCUT2D eigenvalue weighted by Gasteiger charge is 2.35. The summed E-state index contributed by atoms with van der Waals surface area (Å²) in [6.07, 6.45) is 3.38. The fourth-order valence-electron chi connectivity index (χ4n) is 6.01. The number of benzene rings is 3. The number of halogens is 3. The number of imidazole rings is 1. The van der Waals surface area contributed by atoms with Gasteiger partial charge < -0.3 is 25.3 Å². The molecule has 5 rings (SSSR count). The number of hydrogen-bond donors (Lipinski definition) is 3. The van der Waals surface area contributed by atoms with Gasteiger partial charge in [0.15, 0.2) is 0 Å². The first-order valence-electron chi connectivity index (χ1n) is 15.8. The Hall–Kier alpha value is -4.99. The molecule has 2 amide bonds. The number of hydrogen-bond acceptors (Lipinski definition) is 6. The molecule has 0 unspecified atom stereocenters. The number of rotatable bonds is 10. The Morgan fingerprint density at radius 1 is 1.08 bits per heavy atom. The molecule has 4 aromatic rings. The molecule has 0 bridgehead atoms. The van der Waals surface area contributed by atoms with E-state index >= 15 is 0 Å². The first-order chi connectivity index (χ1) is 23.0. The Balaban J connectivity index is 1.26. The third-order valence-corrected chi connectivity index (χ3v) is 8.63. The zero-order valence-electron chi connectivity index (χ0n) is 26.9. The van der Waals surface area contributed by atoms with E-state index in [0.717, 1.165) is 31.7 Å². The molecule has 0 spiro atoms. The van der Waals surface area contributed by atoms with E-state index in [-0.39, 0.29) is 33.6 Å². The molecule has 3 aromatic carbocycles. The predicted molar refractivity (Wildman–Crippen MR) is 178 cm³/mol. The van der Waals surface area contributed by atoms with Crippen LogP contribution in [0.1, 0.15) is 59.9 Å². The maximum absolute atomic E-state index is 14.2. The minimum atomic E-state index is -4.62. The van der Waals surface area contributed by atoms with Crippen molar-refractivity contribution in [1.29, 1.82) is 5.26 Å². The summed E-state index contributed by atoms with van der Waals surface area (Å²) in [4.78, 5) is 30.2. The highest BCUT2D eigenvalue weighted by molar-refractivity contribution is 6.06. The minimum Gasteiger partial charge on any atom is -0.381 e. The summed E-state index contributed by atoms with van der Waals surface area (Å²) in [5, 5.41) is 18.5. The summed E-state index contributed by atoms with van der Waals surface area (Å²) in [6.45, 7) is 2.41. The second kappa shape index (κ2) is 14.8. The lowest BCUT2D eigenvalue weighted by Gasteiger charge is -2.27. The van der Waals surface area contributed by atoms with E-state index in [1.807, 2.05) is 13.0 Å². The van der Waals surface area contributed by atoms with Crippen LogP contribution in [0.3, 0.4) is 0 Å². The van der Waals surface area contributed by atoms with Crippen molar-refractivity contribution in [3.05, 3.63) is 89.3 Å². The van der Waals surface area contributed by atoms with Crippen molar-refractivity contribution in [2.75, 3.05) is 24.3 Å². The maximum atomic E-state index is 14.2. The monoisotopic (exact) mass is 658 g/mol. The Labute approximate surface area is 276 Å². The van der Waals surface area contributed by atoms with Crippen LogP contribution in [-0.4, -0.2) is 47.2 Å². The van der Waals surface area contributed by atoms with E-state index in [4.69, 9.17) is 4.74 Å². The number of nitrogens with one attached hydrogen (secondary N) is 3. The summed E-state index contributed by atoms with van der Waals surface area (Å²) >= 11 is 0. The van der Waals surface area contributed by atoms with E-state index in [0.29, 0.717) is 42.0 Å². The van der Waals surface area contributed by atoms with Crippen molar-refractivity contribution in [2.45, 2.75) is 57.3 Å². The predicted octanol–water partition coefficient (Wildman–Crippen LogP) is 6.99. The van der Waals surface area contributed by atoms with E-state index < -0.39 is 23.6 Å². The average Bonchev–Trinajstić information content (AvgIpc) is 3.40. The molecule has 9 nitrogen and oxygen atoms in total. The number of fused-ring (bicyclic) bond motifs is 1. The Kier molecular flexibility index (Phi) is 10.6. The van der Waals surface area contributed by atoms with Crippen LogP contribution in [0.2, 0.25) is 0 Å². The first kappa shape index (κ1) is 34.3. The van der Waals surface area contributed by atoms with Crippen LogP contribution in [0.25, 0.3) is 22.2 Å². The van der Waals surface area contributed by atoms with Crippen LogP contribution in [0.5, 0.6) is 0 Å². The Bertz CT molecular complexity index is 1880. The third kappa shape index (κ3) is 7.93. The summed E-state index contributed by atoms with van der Waals surface area (Å²) < 4.78 is 49.7. The zero-order chi connectivity index (χ0) is 34.4. The largest absolute Gasteiger partial charge is 0.417 e. The van der Waals surface area contributed by atoms with Gasteiger partial charge in [-0.05, 0) is 79.3 Å². The van der Waals surface area contributed by atoms with Gasteiger partial charge in [0.1, 0.15) is 11.9 Å². The number of anilines is 2. The molecule has 1 aromatic heterocycles. The molecule has 1 heterocycles. The number of carbonyl (C=O) groups is 2. The van der Waals surface area contributed by atoms with Gasteiger partial charge in [-0.3, -0.25) is 9.59 Å². The number of nitriles is 1. The molecule has 0 aliphatic heterocycles. The molecule has 0 atom stereocenters. The zero-order valence-corrected chi connectivity index (χ0v) is 26.9. The molecule has 0 radical (unpaired) electrons. The molecule has 1 aliphatic rings. The number of alkyl halides is 3. The number of nitrogens with zero attached hydrogens (tertiary/aromatic N) is 3. The molecular weight excluding hydrogens is 621 g/mol. The molecular formula is C36H37F3N6O3. The molecule has 12 heteroatoms. The number of ether oxygens (including phenoxy) is 1. The van der Waals surface area contributed by atoms with Crippen molar-refractivity contribution in [1.82, 2.24) is 14.9 Å². The van der Waals surface area contributed by atoms with Crippen molar-refractivity contribution in [2.24, 2.45) is 7.05 Å². The number of methoxy groups -OCH3 is 1. The van der Waals surface area contributed by atoms with E-state index in [1.165, 1.54) is 36.4 Å². The Morgan fingerprint density at radius 2 is 1.85 bits per heavy atom. The van der Waals surface area contributed by atoms with Crippen molar-refractivity contribution >= 4 is 34.2 Å². The highest BCUT2D eigenvalue weighted by atomic mass is 19.4. The maximum Gasteiger partial charge on any atom is 0.417 e.